The monoisotopic (exact) mass is 236 g/mol. The van der Waals surface area contributed by atoms with Crippen LogP contribution in [0.5, 0.6) is 0 Å². The summed E-state index contributed by atoms with van der Waals surface area (Å²) in [6.07, 6.45) is -0.428. The van der Waals surface area contributed by atoms with Crippen molar-refractivity contribution in [2.75, 3.05) is 11.9 Å². The Morgan fingerprint density at radius 3 is 3.12 bits per heavy atom. The van der Waals surface area contributed by atoms with Crippen LogP contribution in [0.25, 0.3) is 10.2 Å². The van der Waals surface area contributed by atoms with Gasteiger partial charge in [0.25, 0.3) is 0 Å². The van der Waals surface area contributed by atoms with Crippen molar-refractivity contribution in [3.05, 3.63) is 23.2 Å². The van der Waals surface area contributed by atoms with E-state index in [4.69, 9.17) is 4.74 Å². The van der Waals surface area contributed by atoms with Crippen LogP contribution in [-0.2, 0) is 4.74 Å². The van der Waals surface area contributed by atoms with Gasteiger partial charge in [-0.3, -0.25) is 5.32 Å². The van der Waals surface area contributed by atoms with Gasteiger partial charge in [-0.15, -0.1) is 11.3 Å². The second-order valence-corrected chi connectivity index (χ2v) is 4.50. The van der Waals surface area contributed by atoms with Crippen molar-refractivity contribution in [2.45, 2.75) is 13.8 Å². The van der Waals surface area contributed by atoms with Crippen LogP contribution >= 0.6 is 11.3 Å². The van der Waals surface area contributed by atoms with Gasteiger partial charge >= 0.3 is 6.09 Å². The van der Waals surface area contributed by atoms with E-state index in [1.165, 1.54) is 0 Å². The molecule has 0 unspecified atom stereocenters. The first kappa shape index (κ1) is 10.9. The fourth-order valence-corrected chi connectivity index (χ4v) is 2.27. The molecule has 1 aromatic heterocycles. The number of nitrogens with zero attached hydrogens (tertiary/aromatic N) is 1. The highest BCUT2D eigenvalue weighted by Gasteiger charge is 2.04. The summed E-state index contributed by atoms with van der Waals surface area (Å²) in [6.45, 7) is 4.10. The van der Waals surface area contributed by atoms with Gasteiger partial charge in [-0.05, 0) is 32.0 Å². The minimum Gasteiger partial charge on any atom is -0.450 e. The van der Waals surface area contributed by atoms with E-state index in [0.29, 0.717) is 6.61 Å². The number of aromatic nitrogens is 1. The predicted molar refractivity (Wildman–Crippen MR) is 65.0 cm³/mol. The molecule has 1 aromatic carbocycles. The molecule has 2 aromatic rings. The maximum Gasteiger partial charge on any atom is 0.411 e. The number of thiazole rings is 1. The molecular formula is C11H12N2O2S. The Balaban J connectivity index is 2.22. The zero-order valence-corrected chi connectivity index (χ0v) is 9.93. The van der Waals surface area contributed by atoms with Crippen LogP contribution in [0.2, 0.25) is 0 Å². The van der Waals surface area contributed by atoms with Crippen LogP contribution < -0.4 is 5.32 Å². The third-order valence-electron chi connectivity index (χ3n) is 2.02. The number of fused-ring (bicyclic) bond motifs is 1. The van der Waals surface area contributed by atoms with Gasteiger partial charge in [0.15, 0.2) is 0 Å². The Labute approximate surface area is 97.3 Å². The summed E-state index contributed by atoms with van der Waals surface area (Å²) >= 11 is 1.60. The summed E-state index contributed by atoms with van der Waals surface area (Å²) in [7, 11) is 0. The highest BCUT2D eigenvalue weighted by Crippen LogP contribution is 2.24. The van der Waals surface area contributed by atoms with Crippen molar-refractivity contribution < 1.29 is 9.53 Å². The first-order valence-corrected chi connectivity index (χ1v) is 5.81. The lowest BCUT2D eigenvalue weighted by molar-refractivity contribution is 0.168. The molecule has 0 atom stereocenters. The highest BCUT2D eigenvalue weighted by atomic mass is 32.1. The molecule has 5 heteroatoms. The van der Waals surface area contributed by atoms with Crippen LogP contribution in [0, 0.1) is 6.92 Å². The molecule has 0 aliphatic rings. The Hall–Kier alpha value is -1.62. The molecule has 0 fully saturated rings. The average Bonchev–Trinajstić information content (AvgIpc) is 2.57. The minimum atomic E-state index is -0.428. The van der Waals surface area contributed by atoms with Gasteiger partial charge in [-0.1, -0.05) is 0 Å². The summed E-state index contributed by atoms with van der Waals surface area (Å²) in [6, 6.07) is 5.61. The van der Waals surface area contributed by atoms with E-state index in [0.717, 1.165) is 20.9 Å². The number of carbonyl (C=O) groups is 1. The molecule has 0 saturated heterocycles. The number of anilines is 1. The molecule has 0 spiro atoms. The zero-order chi connectivity index (χ0) is 11.5. The van der Waals surface area contributed by atoms with Gasteiger partial charge in [0.05, 0.1) is 21.8 Å². The molecule has 0 aliphatic heterocycles. The molecule has 1 heterocycles. The number of rotatable bonds is 2. The van der Waals surface area contributed by atoms with E-state index in [1.54, 1.807) is 18.3 Å². The highest BCUT2D eigenvalue weighted by molar-refractivity contribution is 7.18. The van der Waals surface area contributed by atoms with Gasteiger partial charge < -0.3 is 4.74 Å². The molecule has 1 amide bonds. The summed E-state index contributed by atoms with van der Waals surface area (Å²) < 4.78 is 5.86. The molecular weight excluding hydrogens is 224 g/mol. The third kappa shape index (κ3) is 2.30. The zero-order valence-electron chi connectivity index (χ0n) is 9.11. The maximum absolute atomic E-state index is 11.2. The molecule has 1 N–H and O–H groups in total. The normalized spacial score (nSPS) is 10.4. The topological polar surface area (TPSA) is 51.2 Å². The minimum absolute atomic E-state index is 0.369. The molecule has 0 aliphatic carbocycles. The quantitative estimate of drug-likeness (QED) is 0.871. The second kappa shape index (κ2) is 4.49. The van der Waals surface area contributed by atoms with Gasteiger partial charge in [0, 0.05) is 5.69 Å². The molecule has 0 saturated carbocycles. The first-order valence-electron chi connectivity index (χ1n) is 5.00. The fourth-order valence-electron chi connectivity index (χ4n) is 1.40. The Kier molecular flexibility index (Phi) is 3.05. The molecule has 4 nitrogen and oxygen atoms in total. The van der Waals surface area contributed by atoms with Crippen LogP contribution in [0.3, 0.4) is 0 Å². The Morgan fingerprint density at radius 1 is 1.56 bits per heavy atom. The van der Waals surface area contributed by atoms with Crippen LogP contribution in [0.4, 0.5) is 10.5 Å². The van der Waals surface area contributed by atoms with Gasteiger partial charge in [0.2, 0.25) is 0 Å². The molecule has 84 valence electrons. The number of carbonyl (C=O) groups excluding carboxylic acids is 1. The Morgan fingerprint density at radius 2 is 2.38 bits per heavy atom. The number of hydrogen-bond acceptors (Lipinski definition) is 4. The standard InChI is InChI=1S/C11H12N2O2S/c1-3-15-11(14)13-8-4-5-9-10(6-8)16-7(2)12-9/h4-6H,3H2,1-2H3,(H,13,14). The van der Waals surface area contributed by atoms with E-state index in [9.17, 15) is 4.79 Å². The lowest BCUT2D eigenvalue weighted by Gasteiger charge is -2.04. The number of amides is 1. The van der Waals surface area contributed by atoms with Crippen LogP contribution in [0.1, 0.15) is 11.9 Å². The van der Waals surface area contributed by atoms with Crippen molar-refractivity contribution in [3.63, 3.8) is 0 Å². The van der Waals surface area contributed by atoms with Crippen molar-refractivity contribution in [1.82, 2.24) is 4.98 Å². The number of hydrogen-bond donors (Lipinski definition) is 1. The van der Waals surface area contributed by atoms with Gasteiger partial charge in [-0.2, -0.15) is 0 Å². The number of ether oxygens (including phenoxy) is 1. The second-order valence-electron chi connectivity index (χ2n) is 3.26. The van der Waals surface area contributed by atoms with E-state index in [2.05, 4.69) is 10.3 Å². The fraction of sp³-hybridized carbons (Fsp3) is 0.273. The Bertz CT molecular complexity index is 522. The average molecular weight is 236 g/mol. The van der Waals surface area contributed by atoms with Crippen molar-refractivity contribution in [3.8, 4) is 0 Å². The van der Waals surface area contributed by atoms with Crippen molar-refractivity contribution >= 4 is 33.3 Å². The van der Waals surface area contributed by atoms with E-state index in [1.807, 2.05) is 25.1 Å². The number of benzene rings is 1. The lowest BCUT2D eigenvalue weighted by atomic mass is 10.3. The SMILES string of the molecule is CCOC(=O)Nc1ccc2nc(C)sc2c1. The van der Waals surface area contributed by atoms with E-state index < -0.39 is 6.09 Å². The molecule has 16 heavy (non-hydrogen) atoms. The van der Waals surface area contributed by atoms with Crippen LogP contribution in [-0.4, -0.2) is 17.7 Å². The smallest absolute Gasteiger partial charge is 0.411 e. The molecule has 0 bridgehead atoms. The van der Waals surface area contributed by atoms with Gasteiger partial charge in [-0.25, -0.2) is 9.78 Å². The largest absolute Gasteiger partial charge is 0.450 e. The summed E-state index contributed by atoms with van der Waals surface area (Å²) in [5.41, 5.74) is 1.69. The summed E-state index contributed by atoms with van der Waals surface area (Å²) in [4.78, 5) is 15.6. The molecule has 0 radical (unpaired) electrons. The van der Waals surface area contributed by atoms with E-state index in [-0.39, 0.29) is 0 Å². The predicted octanol–water partition coefficient (Wildman–Crippen LogP) is 3.17. The van der Waals surface area contributed by atoms with E-state index >= 15 is 0 Å². The third-order valence-corrected chi connectivity index (χ3v) is 2.95. The van der Waals surface area contributed by atoms with Crippen molar-refractivity contribution in [1.29, 1.82) is 0 Å². The maximum atomic E-state index is 11.2. The number of nitrogens with one attached hydrogen (secondary N) is 1. The first-order chi connectivity index (χ1) is 7.69. The molecule has 2 rings (SSSR count). The van der Waals surface area contributed by atoms with Crippen LogP contribution in [0.15, 0.2) is 18.2 Å². The summed E-state index contributed by atoms with van der Waals surface area (Å²) in [5.74, 6) is 0. The number of aryl methyl sites for hydroxylation is 1. The van der Waals surface area contributed by atoms with Gasteiger partial charge in [0.1, 0.15) is 0 Å². The van der Waals surface area contributed by atoms with Crippen molar-refractivity contribution in [2.24, 2.45) is 0 Å². The summed E-state index contributed by atoms with van der Waals surface area (Å²) in [5, 5.41) is 3.68. The lowest BCUT2D eigenvalue weighted by Crippen LogP contribution is -2.12.